The number of hydrogen-bond donors (Lipinski definition) is 1. The molecule has 1 unspecified atom stereocenters. The topological polar surface area (TPSA) is 41.0 Å². The Labute approximate surface area is 119 Å². The third-order valence-electron chi connectivity index (χ3n) is 4.37. The van der Waals surface area contributed by atoms with Crippen LogP contribution in [0.25, 0.3) is 0 Å². The number of nitrogens with one attached hydrogen (secondary N) is 1. The maximum absolute atomic E-state index is 4.42. The molecule has 3 heterocycles. The summed E-state index contributed by atoms with van der Waals surface area (Å²) in [5.74, 6) is 1.96. The molecule has 1 atom stereocenters. The summed E-state index contributed by atoms with van der Waals surface area (Å²) in [6.45, 7) is 3.48. The smallest absolute Gasteiger partial charge is 0.133 e. The summed E-state index contributed by atoms with van der Waals surface area (Å²) in [4.78, 5) is 11.1. The first-order valence-corrected chi connectivity index (χ1v) is 8.43. The largest absolute Gasteiger partial charge is 0.356 e. The molecule has 5 heteroatoms. The minimum absolute atomic E-state index is 0.773. The van der Waals surface area contributed by atoms with E-state index in [-0.39, 0.29) is 0 Å². The molecule has 19 heavy (non-hydrogen) atoms. The summed E-state index contributed by atoms with van der Waals surface area (Å²) in [5, 5.41) is 4.71. The van der Waals surface area contributed by atoms with Crippen molar-refractivity contribution in [3.63, 3.8) is 0 Å². The average molecular weight is 278 g/mol. The van der Waals surface area contributed by atoms with E-state index < -0.39 is 0 Å². The van der Waals surface area contributed by atoms with E-state index in [2.05, 4.69) is 32.5 Å². The summed E-state index contributed by atoms with van der Waals surface area (Å²) in [6, 6.07) is 2.88. The molecule has 1 aromatic rings. The fourth-order valence-corrected chi connectivity index (χ4v) is 3.64. The Morgan fingerprint density at radius 1 is 1.26 bits per heavy atom. The lowest BCUT2D eigenvalue weighted by Gasteiger charge is -2.35. The second-order valence-electron chi connectivity index (χ2n) is 5.45. The summed E-state index contributed by atoms with van der Waals surface area (Å²) in [7, 11) is 0. The maximum atomic E-state index is 4.42. The zero-order valence-electron chi connectivity index (χ0n) is 11.5. The fraction of sp³-hybridized carbons (Fsp3) is 0.714. The molecule has 2 saturated heterocycles. The maximum Gasteiger partial charge on any atom is 0.133 e. The lowest BCUT2D eigenvalue weighted by molar-refractivity contribution is 0.318. The predicted molar refractivity (Wildman–Crippen MR) is 79.8 cm³/mol. The van der Waals surface area contributed by atoms with Gasteiger partial charge in [-0.2, -0.15) is 0 Å². The molecule has 4 nitrogen and oxygen atoms in total. The molecule has 0 amide bonds. The van der Waals surface area contributed by atoms with Gasteiger partial charge in [-0.15, -0.1) is 11.8 Å². The van der Waals surface area contributed by atoms with Crippen LogP contribution in [0.4, 0.5) is 5.82 Å². The van der Waals surface area contributed by atoms with E-state index in [1.807, 2.05) is 0 Å². The standard InChI is InChI=1S/C14H22N4S/c1-19-14-9-13(16-10-17-14)18-7-4-11(5-8-18)12-3-2-6-15-12/h9-12,15H,2-8H2,1H3. The van der Waals surface area contributed by atoms with Crippen molar-refractivity contribution < 1.29 is 0 Å². The van der Waals surface area contributed by atoms with Crippen LogP contribution in [-0.4, -0.2) is 41.9 Å². The summed E-state index contributed by atoms with van der Waals surface area (Å²) in [5.41, 5.74) is 0. The number of rotatable bonds is 3. The van der Waals surface area contributed by atoms with Crippen molar-refractivity contribution in [2.24, 2.45) is 5.92 Å². The number of thioether (sulfide) groups is 1. The number of piperidine rings is 1. The Morgan fingerprint density at radius 3 is 2.79 bits per heavy atom. The van der Waals surface area contributed by atoms with E-state index in [9.17, 15) is 0 Å². The number of hydrogen-bond acceptors (Lipinski definition) is 5. The molecule has 1 N–H and O–H groups in total. The van der Waals surface area contributed by atoms with Gasteiger partial charge in [-0.3, -0.25) is 0 Å². The lowest BCUT2D eigenvalue weighted by Crippen LogP contribution is -2.41. The van der Waals surface area contributed by atoms with Crippen LogP contribution < -0.4 is 10.2 Å². The molecule has 104 valence electrons. The van der Waals surface area contributed by atoms with E-state index in [4.69, 9.17) is 0 Å². The first kappa shape index (κ1) is 13.2. The monoisotopic (exact) mass is 278 g/mol. The molecule has 0 radical (unpaired) electrons. The first-order chi connectivity index (χ1) is 9.36. The van der Waals surface area contributed by atoms with Crippen molar-refractivity contribution in [1.29, 1.82) is 0 Å². The molecule has 2 aliphatic heterocycles. The van der Waals surface area contributed by atoms with Crippen molar-refractivity contribution in [3.05, 3.63) is 12.4 Å². The quantitative estimate of drug-likeness (QED) is 0.678. The fourth-order valence-electron chi connectivity index (χ4n) is 3.26. The molecule has 0 aromatic carbocycles. The highest BCUT2D eigenvalue weighted by molar-refractivity contribution is 7.98. The van der Waals surface area contributed by atoms with Crippen molar-refractivity contribution in [2.75, 3.05) is 30.8 Å². The molecule has 2 aliphatic rings. The number of aromatic nitrogens is 2. The van der Waals surface area contributed by atoms with Gasteiger partial charge in [0.1, 0.15) is 17.2 Å². The Balaban J connectivity index is 1.59. The molecule has 0 saturated carbocycles. The van der Waals surface area contributed by atoms with Crippen LogP contribution in [0.3, 0.4) is 0 Å². The Hall–Kier alpha value is -0.810. The molecule has 0 aliphatic carbocycles. The van der Waals surface area contributed by atoms with Gasteiger partial charge in [-0.05, 0) is 44.4 Å². The van der Waals surface area contributed by atoms with Crippen molar-refractivity contribution >= 4 is 17.6 Å². The highest BCUT2D eigenvalue weighted by Crippen LogP contribution is 2.28. The van der Waals surface area contributed by atoms with Crippen molar-refractivity contribution in [1.82, 2.24) is 15.3 Å². The van der Waals surface area contributed by atoms with Crippen LogP contribution in [0, 0.1) is 5.92 Å². The van der Waals surface area contributed by atoms with E-state index in [1.165, 1.54) is 32.2 Å². The van der Waals surface area contributed by atoms with Gasteiger partial charge in [0.05, 0.1) is 0 Å². The van der Waals surface area contributed by atoms with E-state index in [0.717, 1.165) is 35.9 Å². The van der Waals surface area contributed by atoms with Crippen LogP contribution >= 0.6 is 11.8 Å². The van der Waals surface area contributed by atoms with Gasteiger partial charge < -0.3 is 10.2 Å². The van der Waals surface area contributed by atoms with Crippen LogP contribution in [0.15, 0.2) is 17.4 Å². The van der Waals surface area contributed by atoms with Crippen LogP contribution in [0.1, 0.15) is 25.7 Å². The predicted octanol–water partition coefficient (Wildman–Crippen LogP) is 2.17. The number of anilines is 1. The molecule has 1 aromatic heterocycles. The van der Waals surface area contributed by atoms with Gasteiger partial charge in [0.25, 0.3) is 0 Å². The number of nitrogens with zero attached hydrogens (tertiary/aromatic N) is 3. The summed E-state index contributed by atoms with van der Waals surface area (Å²) >= 11 is 1.68. The van der Waals surface area contributed by atoms with Gasteiger partial charge in [0, 0.05) is 25.2 Å². The second-order valence-corrected chi connectivity index (χ2v) is 6.27. The van der Waals surface area contributed by atoms with E-state index in [0.29, 0.717) is 0 Å². The lowest BCUT2D eigenvalue weighted by atomic mass is 9.88. The normalized spacial score (nSPS) is 24.9. The molecular formula is C14H22N4S. The SMILES string of the molecule is CSc1cc(N2CCC(C3CCCN3)CC2)ncn1. The first-order valence-electron chi connectivity index (χ1n) is 7.21. The van der Waals surface area contributed by atoms with Crippen LogP contribution in [-0.2, 0) is 0 Å². The summed E-state index contributed by atoms with van der Waals surface area (Å²) in [6.07, 6.45) is 9.05. The second kappa shape index (κ2) is 6.09. The van der Waals surface area contributed by atoms with Crippen LogP contribution in [0.2, 0.25) is 0 Å². The van der Waals surface area contributed by atoms with Gasteiger partial charge in [-0.25, -0.2) is 9.97 Å². The average Bonchev–Trinajstić information content (AvgIpc) is 3.02. The molecule has 3 rings (SSSR count). The third kappa shape index (κ3) is 3.03. The highest BCUT2D eigenvalue weighted by Gasteiger charge is 2.28. The van der Waals surface area contributed by atoms with Gasteiger partial charge in [-0.1, -0.05) is 0 Å². The van der Waals surface area contributed by atoms with Crippen LogP contribution in [0.5, 0.6) is 0 Å². The van der Waals surface area contributed by atoms with Crippen molar-refractivity contribution in [3.8, 4) is 0 Å². The molecule has 2 fully saturated rings. The zero-order chi connectivity index (χ0) is 13.1. The Morgan fingerprint density at radius 2 is 2.11 bits per heavy atom. The molecular weight excluding hydrogens is 256 g/mol. The van der Waals surface area contributed by atoms with Gasteiger partial charge in [0.15, 0.2) is 0 Å². The minimum Gasteiger partial charge on any atom is -0.356 e. The van der Waals surface area contributed by atoms with Gasteiger partial charge in [0.2, 0.25) is 0 Å². The zero-order valence-corrected chi connectivity index (χ0v) is 12.3. The van der Waals surface area contributed by atoms with E-state index >= 15 is 0 Å². The highest BCUT2D eigenvalue weighted by atomic mass is 32.2. The third-order valence-corrected chi connectivity index (χ3v) is 5.01. The molecule has 0 bridgehead atoms. The minimum atomic E-state index is 0.773. The Bertz CT molecular complexity index is 412. The Kier molecular flexibility index (Phi) is 4.23. The van der Waals surface area contributed by atoms with Crippen molar-refractivity contribution in [2.45, 2.75) is 36.8 Å². The summed E-state index contributed by atoms with van der Waals surface area (Å²) < 4.78 is 0. The van der Waals surface area contributed by atoms with E-state index in [1.54, 1.807) is 18.1 Å². The molecule has 0 spiro atoms. The van der Waals surface area contributed by atoms with Gasteiger partial charge >= 0.3 is 0 Å².